The fourth-order valence-electron chi connectivity index (χ4n) is 4.35. The van der Waals surface area contributed by atoms with Crippen molar-refractivity contribution in [2.24, 2.45) is 0 Å². The van der Waals surface area contributed by atoms with Crippen LogP contribution in [-0.2, 0) is 38.1 Å². The summed E-state index contributed by atoms with van der Waals surface area (Å²) < 4.78 is 19.3. The van der Waals surface area contributed by atoms with Crippen LogP contribution in [0.25, 0.3) is 0 Å². The van der Waals surface area contributed by atoms with Crippen molar-refractivity contribution in [1.82, 2.24) is 19.6 Å². The lowest BCUT2D eigenvalue weighted by Crippen LogP contribution is -2.42. The molecule has 0 amide bonds. The average molecular weight is 545 g/mol. The molecule has 1 aliphatic rings. The third-order valence-electron chi connectivity index (χ3n) is 6.80. The van der Waals surface area contributed by atoms with Crippen molar-refractivity contribution in [3.05, 3.63) is 0 Å². The quantitative estimate of drug-likeness (QED) is 0.247. The number of rotatable bonds is 12. The second-order valence-electron chi connectivity index (χ2n) is 9.38. The van der Waals surface area contributed by atoms with Crippen LogP contribution in [0.5, 0.6) is 0 Å². The van der Waals surface area contributed by atoms with E-state index < -0.39 is 0 Å². The van der Waals surface area contributed by atoms with Crippen molar-refractivity contribution in [2.75, 3.05) is 107 Å². The van der Waals surface area contributed by atoms with Crippen molar-refractivity contribution in [2.45, 2.75) is 38.5 Å². The molecule has 1 heterocycles. The standard InChI is InChI=1S/C26H48N4O8/c1-35-23(31)7-15-27-11-5-12-29(17-9-25(33)37-3)21-22-30(18-10-26(34)38-4)14-6-13-28(20-19-27)16-8-24(32)36-2/h5-22H2,1-4H3. The zero-order chi connectivity index (χ0) is 28.2. The van der Waals surface area contributed by atoms with Crippen LogP contribution >= 0.6 is 0 Å². The van der Waals surface area contributed by atoms with Gasteiger partial charge in [0.15, 0.2) is 0 Å². The minimum absolute atomic E-state index is 0.237. The summed E-state index contributed by atoms with van der Waals surface area (Å²) in [5.41, 5.74) is 0. The minimum atomic E-state index is -0.237. The number of carbonyl (C=O) groups excluding carboxylic acids is 4. The molecule has 0 spiro atoms. The third kappa shape index (κ3) is 15.9. The van der Waals surface area contributed by atoms with Gasteiger partial charge in [0.1, 0.15) is 0 Å². The third-order valence-corrected chi connectivity index (χ3v) is 6.80. The van der Waals surface area contributed by atoms with E-state index in [9.17, 15) is 19.2 Å². The zero-order valence-corrected chi connectivity index (χ0v) is 23.8. The SMILES string of the molecule is COC(=O)CCN1CCCN(CCC(=O)OC)CCN(CCC(=O)OC)CCCN(CCC(=O)OC)CC1. The molecule has 220 valence electrons. The van der Waals surface area contributed by atoms with E-state index >= 15 is 0 Å². The van der Waals surface area contributed by atoms with Gasteiger partial charge >= 0.3 is 23.9 Å². The van der Waals surface area contributed by atoms with Crippen LogP contribution in [-0.4, -0.2) is 150 Å². The minimum Gasteiger partial charge on any atom is -0.469 e. The van der Waals surface area contributed by atoms with Gasteiger partial charge in [-0.15, -0.1) is 0 Å². The summed E-state index contributed by atoms with van der Waals surface area (Å²) in [5, 5.41) is 0. The largest absolute Gasteiger partial charge is 0.469 e. The van der Waals surface area contributed by atoms with Gasteiger partial charge in [0.2, 0.25) is 0 Å². The molecule has 12 heteroatoms. The summed E-state index contributed by atoms with van der Waals surface area (Å²) in [7, 11) is 5.58. The second-order valence-corrected chi connectivity index (χ2v) is 9.38. The molecule has 1 fully saturated rings. The van der Waals surface area contributed by atoms with Crippen molar-refractivity contribution in [3.63, 3.8) is 0 Å². The van der Waals surface area contributed by atoms with Crippen molar-refractivity contribution >= 4 is 23.9 Å². The van der Waals surface area contributed by atoms with Crippen LogP contribution in [0.3, 0.4) is 0 Å². The van der Waals surface area contributed by atoms with E-state index in [1.807, 2.05) is 0 Å². The van der Waals surface area contributed by atoms with Crippen LogP contribution in [0.1, 0.15) is 38.5 Å². The maximum absolute atomic E-state index is 11.8. The van der Waals surface area contributed by atoms with Crippen LogP contribution in [0.2, 0.25) is 0 Å². The zero-order valence-electron chi connectivity index (χ0n) is 23.8. The molecule has 1 aliphatic heterocycles. The Morgan fingerprint density at radius 3 is 0.816 bits per heavy atom. The number of nitrogens with zero attached hydrogens (tertiary/aromatic N) is 4. The van der Waals surface area contributed by atoms with Crippen molar-refractivity contribution < 1.29 is 38.1 Å². The number of hydrogen-bond donors (Lipinski definition) is 0. The number of hydrogen-bond acceptors (Lipinski definition) is 12. The highest BCUT2D eigenvalue weighted by molar-refractivity contribution is 5.70. The van der Waals surface area contributed by atoms with Crippen molar-refractivity contribution in [3.8, 4) is 0 Å². The van der Waals surface area contributed by atoms with Gasteiger partial charge in [-0.2, -0.15) is 0 Å². The Bertz CT molecular complexity index is 595. The molecule has 38 heavy (non-hydrogen) atoms. The summed E-state index contributed by atoms with van der Waals surface area (Å²) in [6.45, 7) is 8.60. The predicted octanol–water partition coefficient (Wildman–Crippen LogP) is 0.241. The summed E-state index contributed by atoms with van der Waals surface area (Å²) in [6.07, 6.45) is 3.01. The van der Waals surface area contributed by atoms with Gasteiger partial charge in [0.25, 0.3) is 0 Å². The van der Waals surface area contributed by atoms with Crippen molar-refractivity contribution in [1.29, 1.82) is 0 Å². The van der Waals surface area contributed by atoms with Gasteiger partial charge in [0, 0.05) is 52.4 Å². The molecule has 1 saturated heterocycles. The number of ether oxygens (including phenoxy) is 4. The summed E-state index contributed by atoms with van der Waals surface area (Å²) in [4.78, 5) is 56.1. The Kier molecular flexibility index (Phi) is 18.3. The van der Waals surface area contributed by atoms with E-state index in [1.165, 1.54) is 28.4 Å². The highest BCUT2D eigenvalue weighted by atomic mass is 16.5. The van der Waals surface area contributed by atoms with Gasteiger partial charge in [-0.25, -0.2) is 0 Å². The van der Waals surface area contributed by atoms with Crippen LogP contribution in [0.4, 0.5) is 0 Å². The lowest BCUT2D eigenvalue weighted by molar-refractivity contribution is -0.142. The fraction of sp³-hybridized carbons (Fsp3) is 0.846. The maximum Gasteiger partial charge on any atom is 0.306 e. The van der Waals surface area contributed by atoms with Gasteiger partial charge in [-0.3, -0.25) is 19.2 Å². The van der Waals surface area contributed by atoms with E-state index in [0.717, 1.165) is 65.2 Å². The summed E-state index contributed by atoms with van der Waals surface area (Å²) >= 11 is 0. The highest BCUT2D eigenvalue weighted by Gasteiger charge is 2.17. The lowest BCUT2D eigenvalue weighted by Gasteiger charge is -2.31. The molecule has 0 unspecified atom stereocenters. The van der Waals surface area contributed by atoms with Crippen LogP contribution in [0.15, 0.2) is 0 Å². The normalized spacial score (nSPS) is 17.8. The monoisotopic (exact) mass is 544 g/mol. The Hall–Kier alpha value is -2.28. The smallest absolute Gasteiger partial charge is 0.306 e. The molecular formula is C26H48N4O8. The molecular weight excluding hydrogens is 496 g/mol. The highest BCUT2D eigenvalue weighted by Crippen LogP contribution is 2.06. The Morgan fingerprint density at radius 2 is 0.632 bits per heavy atom. The number of esters is 4. The average Bonchev–Trinajstić information content (AvgIpc) is 2.93. The van der Waals surface area contributed by atoms with E-state index in [0.29, 0.717) is 51.9 Å². The summed E-state index contributed by atoms with van der Waals surface area (Å²) in [6, 6.07) is 0. The molecule has 0 atom stereocenters. The lowest BCUT2D eigenvalue weighted by atomic mass is 10.2. The first-order chi connectivity index (χ1) is 18.3. The number of methoxy groups -OCH3 is 4. The molecule has 0 aromatic rings. The first-order valence-corrected chi connectivity index (χ1v) is 13.5. The summed E-state index contributed by atoms with van der Waals surface area (Å²) in [5.74, 6) is -0.949. The Labute approximate surface area is 227 Å². The fourth-order valence-corrected chi connectivity index (χ4v) is 4.35. The van der Waals surface area contributed by atoms with E-state index in [-0.39, 0.29) is 23.9 Å². The molecule has 0 aromatic carbocycles. The van der Waals surface area contributed by atoms with E-state index in [1.54, 1.807) is 0 Å². The Balaban J connectivity index is 2.94. The Morgan fingerprint density at radius 1 is 0.421 bits per heavy atom. The van der Waals surface area contributed by atoms with Gasteiger partial charge in [-0.1, -0.05) is 0 Å². The van der Waals surface area contributed by atoms with E-state index in [2.05, 4.69) is 19.6 Å². The molecule has 12 nitrogen and oxygen atoms in total. The van der Waals surface area contributed by atoms with Gasteiger partial charge < -0.3 is 38.5 Å². The van der Waals surface area contributed by atoms with Crippen LogP contribution in [0, 0.1) is 0 Å². The second kappa shape index (κ2) is 20.7. The molecule has 0 bridgehead atoms. The maximum atomic E-state index is 11.8. The molecule has 1 rings (SSSR count). The molecule has 0 N–H and O–H groups in total. The first kappa shape index (κ1) is 33.7. The molecule has 0 radical (unpaired) electrons. The topological polar surface area (TPSA) is 118 Å². The molecule has 0 aromatic heterocycles. The number of carbonyl (C=O) groups is 4. The first-order valence-electron chi connectivity index (χ1n) is 13.5. The van der Waals surface area contributed by atoms with Crippen LogP contribution < -0.4 is 0 Å². The molecule has 0 aliphatic carbocycles. The van der Waals surface area contributed by atoms with E-state index in [4.69, 9.17) is 18.9 Å². The predicted molar refractivity (Wildman–Crippen MR) is 142 cm³/mol. The molecule has 0 saturated carbocycles. The van der Waals surface area contributed by atoms with Gasteiger partial charge in [0.05, 0.1) is 54.1 Å². The van der Waals surface area contributed by atoms with Gasteiger partial charge in [-0.05, 0) is 39.0 Å².